The summed E-state index contributed by atoms with van der Waals surface area (Å²) in [5, 5.41) is 67.2. The lowest BCUT2D eigenvalue weighted by atomic mass is 9.92. The smallest absolute Gasteiger partial charge is 0.329 e. The molecule has 0 amide bonds. The third kappa shape index (κ3) is 22.4. The number of esters is 2. The molecule has 0 spiro atoms. The highest BCUT2D eigenvalue weighted by Crippen LogP contribution is 2.47. The van der Waals surface area contributed by atoms with Gasteiger partial charge in [-0.05, 0) is 119 Å². The van der Waals surface area contributed by atoms with Crippen LogP contribution in [-0.4, -0.2) is 174 Å². The van der Waals surface area contributed by atoms with Crippen molar-refractivity contribution in [2.45, 2.75) is 102 Å². The Morgan fingerprint density at radius 3 is 0.864 bits per heavy atom. The van der Waals surface area contributed by atoms with Crippen molar-refractivity contribution in [2.75, 3.05) is 90.7 Å². The fourth-order valence-electron chi connectivity index (χ4n) is 16.9. The Labute approximate surface area is 844 Å². The van der Waals surface area contributed by atoms with Crippen LogP contribution in [0.2, 0.25) is 0 Å². The van der Waals surface area contributed by atoms with E-state index < -0.39 is 48.0 Å². The van der Waals surface area contributed by atoms with Crippen LogP contribution in [0.25, 0.3) is 44.4 Å². The summed E-state index contributed by atoms with van der Waals surface area (Å²) in [7, 11) is 15.0. The zero-order valence-electron chi connectivity index (χ0n) is 80.7. The van der Waals surface area contributed by atoms with E-state index in [1.54, 1.807) is 209 Å². The first-order valence-corrected chi connectivity index (χ1v) is 45.7. The van der Waals surface area contributed by atoms with Gasteiger partial charge in [-0.2, -0.15) is 41.0 Å². The lowest BCUT2D eigenvalue weighted by Gasteiger charge is -2.35. The molecule has 0 aliphatic carbocycles. The number of halogens is 1. The summed E-state index contributed by atoms with van der Waals surface area (Å²) in [6.07, 6.45) is 7.52. The van der Waals surface area contributed by atoms with E-state index in [9.17, 15) is 39.8 Å². The number of ether oxygens (including phenoxy) is 13. The number of rotatable bonds is 26. The molecule has 12 heterocycles. The van der Waals surface area contributed by atoms with Gasteiger partial charge in [-0.15, -0.1) is 11.6 Å². The number of phenolic OH excluding ortho intramolecular Hbond substituents is 1. The molecular weight excluding hydrogens is 1920 g/mol. The van der Waals surface area contributed by atoms with Gasteiger partial charge in [0.25, 0.3) is 24.1 Å². The Morgan fingerprint density at radius 2 is 0.612 bits per heavy atom. The second kappa shape index (κ2) is 45.8. The summed E-state index contributed by atoms with van der Waals surface area (Å²) in [6.45, 7) is 1.81. The van der Waals surface area contributed by atoms with E-state index in [1.807, 2.05) is 54.6 Å². The van der Waals surface area contributed by atoms with Crippen LogP contribution in [-0.2, 0) is 106 Å². The van der Waals surface area contributed by atoms with Gasteiger partial charge in [0.1, 0.15) is 66.1 Å². The minimum Gasteiger partial charge on any atom is -0.504 e. The molecule has 147 heavy (non-hydrogen) atoms. The summed E-state index contributed by atoms with van der Waals surface area (Å²) >= 11 is 5.54. The Hall–Kier alpha value is -18.8. The van der Waals surface area contributed by atoms with E-state index in [0.717, 1.165) is 61.2 Å². The number of carboxylic acid groups (broad SMARTS) is 2. The summed E-state index contributed by atoms with van der Waals surface area (Å²) in [4.78, 5) is 91.3. The van der Waals surface area contributed by atoms with Crippen molar-refractivity contribution in [3.05, 3.63) is 284 Å². The molecular formula is C106H93ClN16O24. The first kappa shape index (κ1) is 101. The number of benzene rings is 8. The molecule has 4 aliphatic heterocycles. The fourth-order valence-corrected chi connectivity index (χ4v) is 17.0. The van der Waals surface area contributed by atoms with Crippen LogP contribution in [0.15, 0.2) is 212 Å². The fraction of sp³-hybridized carbons (Fsp3) is 0.245. The highest BCUT2D eigenvalue weighted by atomic mass is 35.5. The highest BCUT2D eigenvalue weighted by Gasteiger charge is 2.43. The summed E-state index contributed by atoms with van der Waals surface area (Å²) in [5.74, 6) is 3.19. The SMILES string of the molecule is COC(=O)[C@@H]1Cc2c(ccc(OC)c2O)CN1c1nc2ccc(C#N)cc2o1.COC(=O)[C@@H]1Cc2c(ccc(OC)c2OCc2ccc(OC)nc2)CN1c1nc2ccc(C#N)cc2o1.COc1ccc(CCl)cn1.COc1ccc(COc2c(OC)ccc3c2C[C@@H](C(=O)O)N(c2nc4ccc(C#N)cc4o2)C3)cn1.COc1ccc(COc2c(OC)ccc3c2C[C@@H](C(=O)O)N(c2nc4ccc(C#N)cc4o2)C3)cn1. The monoisotopic (exact) mass is 2010 g/mol. The predicted molar refractivity (Wildman–Crippen MR) is 528 cm³/mol. The number of oxazole rings is 4. The Bertz CT molecular complexity index is 7480. The first-order valence-electron chi connectivity index (χ1n) is 45.2. The molecule has 4 atom stereocenters. The molecule has 0 fully saturated rings. The zero-order chi connectivity index (χ0) is 104. The Balaban J connectivity index is 0.000000136. The average Bonchev–Trinajstić information content (AvgIpc) is 1.37. The second-order valence-electron chi connectivity index (χ2n) is 33.1. The van der Waals surface area contributed by atoms with E-state index in [-0.39, 0.29) is 88.4 Å². The first-order chi connectivity index (χ1) is 71.4. The molecule has 0 saturated carbocycles. The molecule has 0 saturated heterocycles. The minimum absolute atomic E-state index is 0.0183. The lowest BCUT2D eigenvalue weighted by Crippen LogP contribution is -2.46. The lowest BCUT2D eigenvalue weighted by molar-refractivity contribution is -0.143. The zero-order valence-corrected chi connectivity index (χ0v) is 81.5. The van der Waals surface area contributed by atoms with E-state index in [2.05, 4.69) is 64.1 Å². The third-order valence-electron chi connectivity index (χ3n) is 24.5. The van der Waals surface area contributed by atoms with Crippen LogP contribution in [0.3, 0.4) is 0 Å². The van der Waals surface area contributed by atoms with Gasteiger partial charge >= 0.3 is 23.9 Å². The maximum atomic E-state index is 12.9. The van der Waals surface area contributed by atoms with Gasteiger partial charge in [0.15, 0.2) is 68.3 Å². The number of pyridine rings is 4. The molecule has 748 valence electrons. The summed E-state index contributed by atoms with van der Waals surface area (Å²) < 4.78 is 94.1. The van der Waals surface area contributed by atoms with E-state index in [1.165, 1.54) is 21.3 Å². The maximum Gasteiger partial charge on any atom is 0.329 e. The number of aromatic hydroxyl groups is 1. The van der Waals surface area contributed by atoms with E-state index in [0.29, 0.717) is 155 Å². The van der Waals surface area contributed by atoms with E-state index >= 15 is 0 Å². The number of hydrogen-bond donors (Lipinski definition) is 3. The van der Waals surface area contributed by atoms with Gasteiger partial charge in [-0.1, -0.05) is 30.3 Å². The quantitative estimate of drug-likeness (QED) is 0.0335. The number of alkyl halides is 1. The molecule has 0 bridgehead atoms. The molecule has 8 aromatic carbocycles. The topological polar surface area (TPSA) is 513 Å². The average molecular weight is 2010 g/mol. The van der Waals surface area contributed by atoms with Crippen molar-refractivity contribution >= 4 is 104 Å². The van der Waals surface area contributed by atoms with E-state index in [4.69, 9.17) is 107 Å². The maximum absolute atomic E-state index is 12.9. The number of carbonyl (C=O) groups is 4. The molecule has 4 aliphatic rings. The van der Waals surface area contributed by atoms with Crippen molar-refractivity contribution in [3.63, 3.8) is 0 Å². The van der Waals surface area contributed by atoms with Crippen LogP contribution < -0.4 is 71.7 Å². The van der Waals surface area contributed by atoms with Crippen LogP contribution in [0.5, 0.6) is 69.5 Å². The van der Waals surface area contributed by atoms with Crippen molar-refractivity contribution in [1.29, 1.82) is 21.0 Å². The second-order valence-corrected chi connectivity index (χ2v) is 33.3. The largest absolute Gasteiger partial charge is 0.504 e. The predicted octanol–water partition coefficient (Wildman–Crippen LogP) is 15.6. The summed E-state index contributed by atoms with van der Waals surface area (Å²) in [6, 6.07) is 54.8. The van der Waals surface area contributed by atoms with Gasteiger partial charge < -0.3 is 114 Å². The molecule has 40 nitrogen and oxygen atoms in total. The molecule has 0 radical (unpaired) electrons. The standard InChI is InChI=1S/C27H24N4O6.2C26H22N4O6.C20H17N3O5.C7H8ClNO/c1-33-22-8-6-18-14-31(27-30-20-7-4-16(12-28)10-23(20)37-27)21(26(32)35-3)11-19(18)25(22)36-15-17-5-9-24(34-2)29-13-17;2*1-33-21-7-5-17-13-30(26-29-19-6-3-15(11-27)9-22(19)36-26)20(25(31)32)10-18(17)24(21)35-14-16-4-8-23(34-2)28-12-16;1-26-16-6-4-12-10-23(15(19(25)27-2)8-13(12)18(16)24)20-22-14-5-3-11(9-21)7-17(14)28-20;1-10-7-3-2-6(4-8)5-9-7/h4-10,13,21H,11,14-15H2,1-3H3;2*3-9,12,20H,10,13-14H2,1-2H3,(H,31,32);3-7,15,24H,8,10H2,1-2H3;2-3,5H,4H2,1H3/t21-;2*20-;15-;/m0000./s1. The molecule has 3 N–H and O–H groups in total. The van der Waals surface area contributed by atoms with Gasteiger partial charge in [0.05, 0.1) is 118 Å². The molecule has 41 heteroatoms. The number of carbonyl (C=O) groups excluding carboxylic acids is 2. The van der Waals surface area contributed by atoms with Gasteiger partial charge in [-0.25, -0.2) is 39.1 Å². The number of anilines is 4. The number of hydrogen-bond acceptors (Lipinski definition) is 38. The number of methoxy groups -OCH3 is 10. The normalized spacial score (nSPS) is 14.5. The Morgan fingerprint density at radius 1 is 0.347 bits per heavy atom. The number of aromatic nitrogens is 8. The van der Waals surface area contributed by atoms with Crippen LogP contribution in [0.4, 0.5) is 24.1 Å². The van der Waals surface area contributed by atoms with Crippen LogP contribution in [0.1, 0.15) is 89.0 Å². The van der Waals surface area contributed by atoms with Gasteiger partial charge in [0.2, 0.25) is 23.5 Å². The van der Waals surface area contributed by atoms with Crippen molar-refractivity contribution in [3.8, 4) is 93.8 Å². The van der Waals surface area contributed by atoms with Gasteiger partial charge in [0, 0.05) is 170 Å². The molecule has 0 unspecified atom stereocenters. The minimum atomic E-state index is -1.02. The number of carboxylic acids is 2. The molecule has 20 rings (SSSR count). The van der Waals surface area contributed by atoms with Crippen LogP contribution in [0, 0.1) is 45.3 Å². The number of aliphatic carboxylic acids is 2. The summed E-state index contributed by atoms with van der Waals surface area (Å²) in [5.41, 5.74) is 15.8. The molecule has 16 aromatic rings. The number of phenols is 1. The number of fused-ring (bicyclic) bond motifs is 8. The van der Waals surface area contributed by atoms with Crippen molar-refractivity contribution < 1.29 is 114 Å². The highest BCUT2D eigenvalue weighted by molar-refractivity contribution is 6.17. The Kier molecular flexibility index (Phi) is 31.5. The number of nitriles is 4. The van der Waals surface area contributed by atoms with Crippen molar-refractivity contribution in [2.24, 2.45) is 0 Å². The number of nitrogens with zero attached hydrogens (tertiary/aromatic N) is 16. The van der Waals surface area contributed by atoms with Gasteiger partial charge in [-0.3, -0.25) is 0 Å². The van der Waals surface area contributed by atoms with Crippen LogP contribution >= 0.6 is 11.6 Å². The molecule has 8 aromatic heterocycles. The third-order valence-corrected chi connectivity index (χ3v) is 24.8. The van der Waals surface area contributed by atoms with Crippen molar-refractivity contribution in [1.82, 2.24) is 39.9 Å².